The van der Waals surface area contributed by atoms with E-state index in [1.165, 1.54) is 10.6 Å². The van der Waals surface area contributed by atoms with E-state index in [9.17, 15) is 9.59 Å². The quantitative estimate of drug-likeness (QED) is 0.275. The number of hydrogen-bond donors (Lipinski definition) is 0. The van der Waals surface area contributed by atoms with Crippen molar-refractivity contribution in [1.29, 1.82) is 0 Å². The number of fused-ring (bicyclic) bond motifs is 2. The largest absolute Gasteiger partial charge is 0.368 e. The van der Waals surface area contributed by atoms with Crippen LogP contribution in [0.3, 0.4) is 0 Å². The highest BCUT2D eigenvalue weighted by Crippen LogP contribution is 2.35. The molecule has 0 atom stereocenters. The van der Waals surface area contributed by atoms with Crippen LogP contribution in [0.25, 0.3) is 15.2 Å². The molecule has 0 bridgehead atoms. The smallest absolute Gasteiger partial charge is 0.264 e. The van der Waals surface area contributed by atoms with Crippen molar-refractivity contribution >= 4 is 50.3 Å². The highest BCUT2D eigenvalue weighted by Gasteiger charge is 2.39. The Balaban J connectivity index is 1.07. The first-order chi connectivity index (χ1) is 18.7. The zero-order chi connectivity index (χ0) is 25.6. The molecule has 0 unspecified atom stereocenters. The molecule has 1 fully saturated rings. The van der Waals surface area contributed by atoms with Crippen LogP contribution < -0.4 is 4.90 Å². The maximum absolute atomic E-state index is 13.6. The Hall–Kier alpha value is -3.79. The van der Waals surface area contributed by atoms with E-state index in [1.54, 1.807) is 28.7 Å². The molecule has 3 aromatic heterocycles. The van der Waals surface area contributed by atoms with Crippen molar-refractivity contribution < 1.29 is 9.59 Å². The lowest BCUT2D eigenvalue weighted by molar-refractivity contribution is 0.0644. The fourth-order valence-corrected chi connectivity index (χ4v) is 7.15. The van der Waals surface area contributed by atoms with Gasteiger partial charge < -0.3 is 4.90 Å². The molecule has 1 saturated heterocycles. The zero-order valence-electron chi connectivity index (χ0n) is 20.6. The van der Waals surface area contributed by atoms with Gasteiger partial charge in [0.2, 0.25) is 0 Å². The van der Waals surface area contributed by atoms with Gasteiger partial charge in [0, 0.05) is 65.8 Å². The minimum absolute atomic E-state index is 0.193. The second kappa shape index (κ2) is 9.50. The number of carbonyl (C=O) groups excluding carboxylic acids is 2. The van der Waals surface area contributed by atoms with E-state index in [2.05, 4.69) is 55.9 Å². The van der Waals surface area contributed by atoms with Gasteiger partial charge in [-0.15, -0.1) is 22.7 Å². The van der Waals surface area contributed by atoms with Crippen LogP contribution in [0.1, 0.15) is 31.3 Å². The van der Waals surface area contributed by atoms with Crippen molar-refractivity contribution in [3.8, 4) is 5.13 Å². The number of carbonyl (C=O) groups is 2. The third-order valence-electron chi connectivity index (χ3n) is 7.32. The Morgan fingerprint density at radius 2 is 1.74 bits per heavy atom. The van der Waals surface area contributed by atoms with E-state index in [-0.39, 0.29) is 11.8 Å². The van der Waals surface area contributed by atoms with Gasteiger partial charge in [-0.25, -0.2) is 4.98 Å². The summed E-state index contributed by atoms with van der Waals surface area (Å²) in [6.45, 7) is 4.49. The number of aromatic nitrogens is 2. The normalized spacial score (nSPS) is 16.1. The van der Waals surface area contributed by atoms with Crippen molar-refractivity contribution in [2.45, 2.75) is 13.1 Å². The molecule has 0 saturated carbocycles. The number of benzene rings is 2. The summed E-state index contributed by atoms with van der Waals surface area (Å²) in [4.78, 5) is 38.4. The fourth-order valence-electron chi connectivity index (χ4n) is 5.44. The van der Waals surface area contributed by atoms with E-state index >= 15 is 0 Å². The maximum atomic E-state index is 13.6. The van der Waals surface area contributed by atoms with Gasteiger partial charge in [-0.05, 0) is 41.8 Å². The van der Waals surface area contributed by atoms with Gasteiger partial charge in [-0.2, -0.15) is 0 Å². The van der Waals surface area contributed by atoms with Crippen LogP contribution in [-0.4, -0.2) is 57.3 Å². The molecule has 2 aliphatic rings. The predicted octanol–water partition coefficient (Wildman–Crippen LogP) is 5.27. The van der Waals surface area contributed by atoms with Crippen molar-refractivity contribution in [2.75, 3.05) is 31.1 Å². The van der Waals surface area contributed by atoms with Crippen molar-refractivity contribution in [3.05, 3.63) is 100 Å². The van der Waals surface area contributed by atoms with Crippen LogP contribution in [0.5, 0.6) is 0 Å². The maximum Gasteiger partial charge on any atom is 0.264 e. The highest BCUT2D eigenvalue weighted by atomic mass is 32.1. The summed E-state index contributed by atoms with van der Waals surface area (Å²) in [6.07, 6.45) is 3.89. The van der Waals surface area contributed by atoms with Crippen molar-refractivity contribution in [2.24, 2.45) is 0 Å². The Bertz CT molecular complexity index is 1610. The summed E-state index contributed by atoms with van der Waals surface area (Å²) in [5, 5.41) is 4.11. The van der Waals surface area contributed by atoms with Gasteiger partial charge in [-0.3, -0.25) is 24.0 Å². The number of amides is 2. The van der Waals surface area contributed by atoms with E-state index in [0.717, 1.165) is 58.5 Å². The minimum atomic E-state index is -0.203. The van der Waals surface area contributed by atoms with E-state index in [4.69, 9.17) is 0 Å². The lowest BCUT2D eigenvalue weighted by Crippen LogP contribution is -2.46. The first kappa shape index (κ1) is 23.3. The molecular weight excluding hydrogens is 514 g/mol. The van der Waals surface area contributed by atoms with Gasteiger partial charge in [0.05, 0.1) is 23.4 Å². The third-order valence-corrected chi connectivity index (χ3v) is 9.20. The van der Waals surface area contributed by atoms with Crippen LogP contribution in [0.4, 0.5) is 5.69 Å². The molecule has 0 spiro atoms. The molecule has 7 nitrogen and oxygen atoms in total. The molecular formula is C29H25N5O2S2. The summed E-state index contributed by atoms with van der Waals surface area (Å²) >= 11 is 3.26. The SMILES string of the molecule is O=C1c2cccc(N3CCN(Cc4cccn4-c4nccs4)CC3)c2C(=O)N1Cc1cc2ccccc2s1. The number of nitrogens with zero attached hydrogens (tertiary/aromatic N) is 5. The molecule has 5 heterocycles. The number of hydrogen-bond acceptors (Lipinski definition) is 7. The molecule has 2 aromatic carbocycles. The molecule has 0 aliphatic carbocycles. The molecule has 2 aliphatic heterocycles. The number of anilines is 1. The average molecular weight is 540 g/mol. The zero-order valence-corrected chi connectivity index (χ0v) is 22.3. The van der Waals surface area contributed by atoms with Crippen molar-refractivity contribution in [1.82, 2.24) is 19.4 Å². The Kier molecular flexibility index (Phi) is 5.84. The number of thiophene rings is 1. The third kappa shape index (κ3) is 4.03. The van der Waals surface area contributed by atoms with Crippen LogP contribution in [0.15, 0.2) is 78.4 Å². The molecule has 38 heavy (non-hydrogen) atoms. The van der Waals surface area contributed by atoms with E-state index in [1.807, 2.05) is 35.8 Å². The summed E-state index contributed by atoms with van der Waals surface area (Å²) in [5.74, 6) is -0.396. The summed E-state index contributed by atoms with van der Waals surface area (Å²) in [7, 11) is 0. The lowest BCUT2D eigenvalue weighted by atomic mass is 10.1. The number of thiazole rings is 1. The van der Waals surface area contributed by atoms with Crippen LogP contribution in [-0.2, 0) is 13.1 Å². The monoisotopic (exact) mass is 539 g/mol. The van der Waals surface area contributed by atoms with Gasteiger partial charge in [0.1, 0.15) is 0 Å². The summed E-state index contributed by atoms with van der Waals surface area (Å²) in [6, 6.07) is 20.1. The van der Waals surface area contributed by atoms with Gasteiger partial charge in [-0.1, -0.05) is 24.3 Å². The van der Waals surface area contributed by atoms with E-state index in [0.29, 0.717) is 17.7 Å². The van der Waals surface area contributed by atoms with Gasteiger partial charge >= 0.3 is 0 Å². The second-order valence-electron chi connectivity index (χ2n) is 9.59. The van der Waals surface area contributed by atoms with Gasteiger partial charge in [0.25, 0.3) is 11.8 Å². The molecule has 2 amide bonds. The molecule has 0 radical (unpaired) electrons. The average Bonchev–Trinajstić information content (AvgIpc) is 3.74. The number of rotatable bonds is 6. The molecule has 9 heteroatoms. The van der Waals surface area contributed by atoms with Gasteiger partial charge in [0.15, 0.2) is 5.13 Å². The summed E-state index contributed by atoms with van der Waals surface area (Å²) in [5.41, 5.74) is 3.14. The van der Waals surface area contributed by atoms with E-state index < -0.39 is 0 Å². The number of imide groups is 1. The standard InChI is InChI=1S/C29H25N5O2S2/c35-27-23-7-3-8-24(26(23)28(36)34(27)19-22-17-20-5-1-2-9-25(20)38-22)32-14-12-31(13-15-32)18-21-6-4-11-33(21)29-30-10-16-37-29/h1-11,16-17H,12-15,18-19H2. The molecule has 7 rings (SSSR count). The molecule has 5 aromatic rings. The predicted molar refractivity (Wildman–Crippen MR) is 151 cm³/mol. The first-order valence-electron chi connectivity index (χ1n) is 12.7. The Morgan fingerprint density at radius 3 is 2.55 bits per heavy atom. The van der Waals surface area contributed by atoms with Crippen LogP contribution in [0, 0.1) is 0 Å². The second-order valence-corrected chi connectivity index (χ2v) is 11.6. The Labute approximate surface area is 228 Å². The molecule has 0 N–H and O–H groups in total. The lowest BCUT2D eigenvalue weighted by Gasteiger charge is -2.36. The topological polar surface area (TPSA) is 61.7 Å². The molecule has 190 valence electrons. The summed E-state index contributed by atoms with van der Waals surface area (Å²) < 4.78 is 3.31. The Morgan fingerprint density at radius 1 is 0.868 bits per heavy atom. The fraction of sp³-hybridized carbons (Fsp3) is 0.207. The van der Waals surface area contributed by atoms with Crippen LogP contribution >= 0.6 is 22.7 Å². The number of piperazine rings is 1. The van der Waals surface area contributed by atoms with Crippen LogP contribution in [0.2, 0.25) is 0 Å². The highest BCUT2D eigenvalue weighted by molar-refractivity contribution is 7.19. The minimum Gasteiger partial charge on any atom is -0.368 e. The van der Waals surface area contributed by atoms with Crippen molar-refractivity contribution in [3.63, 3.8) is 0 Å². The first-order valence-corrected chi connectivity index (χ1v) is 14.4.